The number of benzene rings is 3. The highest BCUT2D eigenvalue weighted by atomic mass is 35.5. The second-order valence-electron chi connectivity index (χ2n) is 7.89. The van der Waals surface area contributed by atoms with Gasteiger partial charge in [-0.15, -0.1) is 0 Å². The number of nitrogens with zero attached hydrogens (tertiary/aromatic N) is 2. The van der Waals surface area contributed by atoms with Gasteiger partial charge in [0, 0.05) is 17.7 Å². The lowest BCUT2D eigenvalue weighted by molar-refractivity contribution is -0.384. The van der Waals surface area contributed by atoms with Gasteiger partial charge in [0.05, 0.1) is 36.5 Å². The van der Waals surface area contributed by atoms with E-state index in [2.05, 4.69) is 10.5 Å². The number of methoxy groups -OCH3 is 1. The quantitative estimate of drug-likeness (QED) is 0.165. The molecule has 0 aromatic heterocycles. The maximum absolute atomic E-state index is 12.6. The molecule has 0 spiro atoms. The van der Waals surface area contributed by atoms with E-state index in [9.17, 15) is 14.9 Å². The highest BCUT2D eigenvalue weighted by Crippen LogP contribution is 2.36. The average molecular weight is 542 g/mol. The van der Waals surface area contributed by atoms with Gasteiger partial charge >= 0.3 is 0 Å². The Balaban J connectivity index is 1.67. The molecular weight excluding hydrogens is 514 g/mol. The van der Waals surface area contributed by atoms with Crippen LogP contribution in [0.15, 0.2) is 59.7 Å². The molecule has 3 rings (SSSR count). The van der Waals surface area contributed by atoms with Crippen LogP contribution >= 0.6 is 11.6 Å². The van der Waals surface area contributed by atoms with E-state index in [4.69, 9.17) is 30.5 Å². The summed E-state index contributed by atoms with van der Waals surface area (Å²) in [4.78, 5) is 23.0. The molecule has 0 heterocycles. The molecule has 0 saturated carbocycles. The number of nitro benzene ring substituents is 1. The third-order valence-corrected chi connectivity index (χ3v) is 5.41. The number of hydrogen-bond acceptors (Lipinski definition) is 8. The summed E-state index contributed by atoms with van der Waals surface area (Å²) in [5.41, 5.74) is 4.12. The van der Waals surface area contributed by atoms with Gasteiger partial charge in [0.15, 0.2) is 23.0 Å². The molecule has 3 aromatic carbocycles. The normalized spacial score (nSPS) is 10.7. The number of nitro groups is 1. The summed E-state index contributed by atoms with van der Waals surface area (Å²) in [6, 6.07) is 14.2. The van der Waals surface area contributed by atoms with Crippen LogP contribution in [0.1, 0.15) is 41.8 Å². The van der Waals surface area contributed by atoms with Gasteiger partial charge in [-0.25, -0.2) is 5.43 Å². The first-order chi connectivity index (χ1) is 18.4. The zero-order valence-corrected chi connectivity index (χ0v) is 22.0. The van der Waals surface area contributed by atoms with E-state index in [1.807, 2.05) is 13.8 Å². The van der Waals surface area contributed by atoms with E-state index in [-0.39, 0.29) is 17.3 Å². The molecule has 0 bridgehead atoms. The van der Waals surface area contributed by atoms with Gasteiger partial charge in [-0.05, 0) is 66.9 Å². The molecule has 3 aromatic rings. The summed E-state index contributed by atoms with van der Waals surface area (Å²) in [6.07, 6.45) is 2.28. The van der Waals surface area contributed by atoms with Crippen LogP contribution in [-0.4, -0.2) is 37.4 Å². The topological polar surface area (TPSA) is 122 Å². The van der Waals surface area contributed by atoms with Crippen molar-refractivity contribution in [1.29, 1.82) is 0 Å². The number of amides is 1. The lowest BCUT2D eigenvalue weighted by Crippen LogP contribution is -2.17. The monoisotopic (exact) mass is 541 g/mol. The third-order valence-electron chi connectivity index (χ3n) is 5.13. The van der Waals surface area contributed by atoms with E-state index in [0.29, 0.717) is 47.3 Å². The molecule has 0 aliphatic rings. The van der Waals surface area contributed by atoms with Crippen molar-refractivity contribution < 1.29 is 28.7 Å². The Morgan fingerprint density at radius 3 is 2.45 bits per heavy atom. The van der Waals surface area contributed by atoms with Crippen molar-refractivity contribution in [3.8, 4) is 23.0 Å². The Labute approximate surface area is 225 Å². The lowest BCUT2D eigenvalue weighted by Gasteiger charge is -2.13. The summed E-state index contributed by atoms with van der Waals surface area (Å²) in [6.45, 7) is 4.96. The smallest absolute Gasteiger partial charge is 0.271 e. The number of carbonyl (C=O) groups is 1. The molecule has 200 valence electrons. The summed E-state index contributed by atoms with van der Waals surface area (Å²) in [5, 5.41) is 15.1. The minimum absolute atomic E-state index is 0.00664. The first-order valence-corrected chi connectivity index (χ1v) is 12.2. The van der Waals surface area contributed by atoms with E-state index < -0.39 is 10.8 Å². The summed E-state index contributed by atoms with van der Waals surface area (Å²) in [7, 11) is 1.47. The fraction of sp³-hybridized carbons (Fsp3) is 0.259. The molecule has 0 aliphatic heterocycles. The van der Waals surface area contributed by atoms with Gasteiger partial charge in [-0.1, -0.05) is 18.5 Å². The number of nitrogens with one attached hydrogen (secondary N) is 1. The maximum Gasteiger partial charge on any atom is 0.271 e. The molecule has 0 radical (unpaired) electrons. The highest BCUT2D eigenvalue weighted by molar-refractivity contribution is 6.32. The van der Waals surface area contributed by atoms with Crippen molar-refractivity contribution in [3.63, 3.8) is 0 Å². The molecular formula is C27H28ClN3O7. The fourth-order valence-corrected chi connectivity index (χ4v) is 3.58. The van der Waals surface area contributed by atoms with E-state index in [1.165, 1.54) is 25.5 Å². The number of hydrazone groups is 1. The molecule has 0 unspecified atom stereocenters. The second kappa shape index (κ2) is 13.8. The highest BCUT2D eigenvalue weighted by Gasteiger charge is 2.14. The first-order valence-electron chi connectivity index (χ1n) is 11.8. The lowest BCUT2D eigenvalue weighted by atomic mass is 10.2. The fourth-order valence-electron chi connectivity index (χ4n) is 3.30. The average Bonchev–Trinajstić information content (AvgIpc) is 2.91. The van der Waals surface area contributed by atoms with Crippen molar-refractivity contribution in [2.24, 2.45) is 5.10 Å². The Morgan fingerprint density at radius 1 is 1.03 bits per heavy atom. The van der Waals surface area contributed by atoms with Crippen LogP contribution < -0.4 is 24.4 Å². The molecule has 11 heteroatoms. The predicted molar refractivity (Wildman–Crippen MR) is 144 cm³/mol. The van der Waals surface area contributed by atoms with Gasteiger partial charge < -0.3 is 18.9 Å². The van der Waals surface area contributed by atoms with Crippen LogP contribution in [0.2, 0.25) is 5.02 Å². The second-order valence-corrected chi connectivity index (χ2v) is 8.30. The van der Waals surface area contributed by atoms with Crippen LogP contribution in [0.4, 0.5) is 5.69 Å². The van der Waals surface area contributed by atoms with Crippen LogP contribution in [0.3, 0.4) is 0 Å². The van der Waals surface area contributed by atoms with Crippen molar-refractivity contribution >= 4 is 29.4 Å². The van der Waals surface area contributed by atoms with Crippen molar-refractivity contribution in [1.82, 2.24) is 5.43 Å². The van der Waals surface area contributed by atoms with Gasteiger partial charge in [-0.3, -0.25) is 14.9 Å². The molecule has 0 atom stereocenters. The predicted octanol–water partition coefficient (Wildman–Crippen LogP) is 5.79. The van der Waals surface area contributed by atoms with Crippen molar-refractivity contribution in [3.05, 3.63) is 86.4 Å². The van der Waals surface area contributed by atoms with Gasteiger partial charge in [-0.2, -0.15) is 5.10 Å². The maximum atomic E-state index is 12.6. The summed E-state index contributed by atoms with van der Waals surface area (Å²) >= 11 is 6.41. The Bertz CT molecular complexity index is 1300. The molecule has 10 nitrogen and oxygen atoms in total. The van der Waals surface area contributed by atoms with Crippen LogP contribution in [0.25, 0.3) is 0 Å². The van der Waals surface area contributed by atoms with E-state index in [0.717, 1.165) is 12.0 Å². The zero-order valence-electron chi connectivity index (χ0n) is 21.2. The molecule has 0 aliphatic carbocycles. The van der Waals surface area contributed by atoms with Gasteiger partial charge in [0.1, 0.15) is 6.61 Å². The number of rotatable bonds is 13. The molecule has 0 saturated heterocycles. The molecule has 38 heavy (non-hydrogen) atoms. The largest absolute Gasteiger partial charge is 0.493 e. The number of non-ortho nitro benzene ring substituents is 1. The number of hydrogen-bond donors (Lipinski definition) is 1. The minimum atomic E-state index is -0.468. The summed E-state index contributed by atoms with van der Waals surface area (Å²) < 4.78 is 22.5. The van der Waals surface area contributed by atoms with E-state index in [1.54, 1.807) is 42.5 Å². The first kappa shape index (κ1) is 28.3. The number of halogens is 1. The SMILES string of the molecule is CCCOc1ccc(C(=O)N/N=C/c2cc(Cl)c(OCc3ccc([N+](=O)[O-])cc3)c(OC)c2)cc1OCC. The number of carbonyl (C=O) groups excluding carboxylic acids is 1. The Hall–Kier alpha value is -4.31. The molecule has 1 amide bonds. The Kier molecular flexibility index (Phi) is 10.3. The van der Waals surface area contributed by atoms with Crippen molar-refractivity contribution in [2.45, 2.75) is 26.9 Å². The van der Waals surface area contributed by atoms with Crippen LogP contribution in [0.5, 0.6) is 23.0 Å². The van der Waals surface area contributed by atoms with Gasteiger partial charge in [0.25, 0.3) is 11.6 Å². The summed E-state index contributed by atoms with van der Waals surface area (Å²) in [5.74, 6) is 1.30. The standard InChI is InChI=1S/C27H28ClN3O7/c1-4-12-37-23-11-8-20(15-24(23)36-5-2)27(32)30-29-16-19-13-22(28)26(25(14-19)35-3)38-17-18-6-9-21(10-7-18)31(33)34/h6-11,13-16H,4-5,12,17H2,1-3H3,(H,30,32)/b29-16+. The third kappa shape index (κ3) is 7.59. The number of ether oxygens (including phenoxy) is 4. The zero-order chi connectivity index (χ0) is 27.5. The van der Waals surface area contributed by atoms with Crippen molar-refractivity contribution in [2.75, 3.05) is 20.3 Å². The van der Waals surface area contributed by atoms with Crippen LogP contribution in [-0.2, 0) is 6.61 Å². The molecule has 1 N–H and O–H groups in total. The van der Waals surface area contributed by atoms with E-state index >= 15 is 0 Å². The van der Waals surface area contributed by atoms with Crippen LogP contribution in [0, 0.1) is 10.1 Å². The molecule has 0 fully saturated rings. The van der Waals surface area contributed by atoms with Gasteiger partial charge in [0.2, 0.25) is 0 Å². The minimum Gasteiger partial charge on any atom is -0.493 e. The Morgan fingerprint density at radius 2 is 1.79 bits per heavy atom.